The monoisotopic (exact) mass is 315 g/mol. The Bertz CT molecular complexity index is 604. The van der Waals surface area contributed by atoms with Gasteiger partial charge >= 0.3 is 0 Å². The lowest BCUT2D eigenvalue weighted by Gasteiger charge is -2.31. The molecule has 1 unspecified atom stereocenters. The van der Waals surface area contributed by atoms with Crippen molar-refractivity contribution in [1.82, 2.24) is 15.2 Å². The Kier molecular flexibility index (Phi) is 5.08. The minimum absolute atomic E-state index is 0.120. The van der Waals surface area contributed by atoms with E-state index in [1.807, 2.05) is 18.3 Å². The number of hydrogen-bond acceptors (Lipinski definition) is 3. The van der Waals surface area contributed by atoms with Crippen molar-refractivity contribution in [3.63, 3.8) is 0 Å². The lowest BCUT2D eigenvalue weighted by atomic mass is 10.0. The molecule has 0 spiro atoms. The van der Waals surface area contributed by atoms with Gasteiger partial charge in [-0.3, -0.25) is 9.88 Å². The number of aromatic nitrogens is 1. The molecule has 116 valence electrons. The van der Waals surface area contributed by atoms with Gasteiger partial charge in [0.05, 0.1) is 11.7 Å². The fourth-order valence-electron chi connectivity index (χ4n) is 3.01. The number of aryl methyl sites for hydroxylation is 1. The van der Waals surface area contributed by atoms with Gasteiger partial charge in [0.1, 0.15) is 0 Å². The first-order valence-electron chi connectivity index (χ1n) is 7.87. The van der Waals surface area contributed by atoms with Crippen molar-refractivity contribution < 1.29 is 0 Å². The summed E-state index contributed by atoms with van der Waals surface area (Å²) in [6.45, 7) is 6.21. The van der Waals surface area contributed by atoms with Crippen LogP contribution >= 0.6 is 11.6 Å². The smallest absolute Gasteiger partial charge is 0.0791 e. The number of rotatable bonds is 3. The summed E-state index contributed by atoms with van der Waals surface area (Å²) in [6.07, 6.45) is 3.09. The molecule has 0 radical (unpaired) electrons. The summed E-state index contributed by atoms with van der Waals surface area (Å²) in [4.78, 5) is 7.17. The van der Waals surface area contributed by atoms with Crippen LogP contribution in [-0.2, 0) is 0 Å². The molecule has 4 heteroatoms. The van der Waals surface area contributed by atoms with E-state index in [0.717, 1.165) is 48.9 Å². The van der Waals surface area contributed by atoms with Crippen molar-refractivity contribution in [3.8, 4) is 0 Å². The Morgan fingerprint density at radius 1 is 1.14 bits per heavy atom. The third kappa shape index (κ3) is 3.49. The molecule has 1 fully saturated rings. The molecule has 0 aliphatic carbocycles. The molecular weight excluding hydrogens is 294 g/mol. The Hall–Kier alpha value is -1.42. The third-order valence-electron chi connectivity index (χ3n) is 4.15. The molecule has 1 aliphatic rings. The van der Waals surface area contributed by atoms with Crippen molar-refractivity contribution >= 4 is 11.6 Å². The van der Waals surface area contributed by atoms with E-state index in [9.17, 15) is 0 Å². The molecule has 1 N–H and O–H groups in total. The lowest BCUT2D eigenvalue weighted by Crippen LogP contribution is -2.33. The van der Waals surface area contributed by atoms with Gasteiger partial charge in [-0.15, -0.1) is 0 Å². The highest BCUT2D eigenvalue weighted by Crippen LogP contribution is 2.32. The lowest BCUT2D eigenvalue weighted by molar-refractivity contribution is 0.237. The molecule has 22 heavy (non-hydrogen) atoms. The van der Waals surface area contributed by atoms with Crippen LogP contribution in [0.5, 0.6) is 0 Å². The highest BCUT2D eigenvalue weighted by Gasteiger charge is 2.25. The van der Waals surface area contributed by atoms with E-state index in [0.29, 0.717) is 0 Å². The molecule has 1 atom stereocenters. The number of nitrogens with zero attached hydrogens (tertiary/aromatic N) is 2. The summed E-state index contributed by atoms with van der Waals surface area (Å²) in [7, 11) is 0. The standard InChI is InChI=1S/C18H22ClN3/c1-14-7-8-17(21-13-14)18(15-5-2-3-6-16(15)19)22-11-4-9-20-10-12-22/h2-3,5-8,13,18,20H,4,9-12H2,1H3. The first-order chi connectivity index (χ1) is 10.8. The van der Waals surface area contributed by atoms with Crippen molar-refractivity contribution in [3.05, 3.63) is 64.4 Å². The predicted octanol–water partition coefficient (Wildman–Crippen LogP) is 3.43. The van der Waals surface area contributed by atoms with E-state index < -0.39 is 0 Å². The highest BCUT2D eigenvalue weighted by atomic mass is 35.5. The Labute approximate surface area is 137 Å². The molecule has 2 aromatic rings. The second kappa shape index (κ2) is 7.23. The fraction of sp³-hybridized carbons (Fsp3) is 0.389. The van der Waals surface area contributed by atoms with Crippen molar-refractivity contribution in [2.45, 2.75) is 19.4 Å². The summed E-state index contributed by atoms with van der Waals surface area (Å²) < 4.78 is 0. The number of pyridine rings is 1. The Morgan fingerprint density at radius 3 is 2.77 bits per heavy atom. The molecule has 3 rings (SSSR count). The van der Waals surface area contributed by atoms with Gasteiger partial charge in [-0.1, -0.05) is 35.9 Å². The average molecular weight is 316 g/mol. The van der Waals surface area contributed by atoms with Gasteiger partial charge in [0.2, 0.25) is 0 Å². The van der Waals surface area contributed by atoms with Crippen molar-refractivity contribution in [2.75, 3.05) is 26.2 Å². The second-order valence-electron chi connectivity index (χ2n) is 5.82. The predicted molar refractivity (Wildman–Crippen MR) is 91.3 cm³/mol. The van der Waals surface area contributed by atoms with Crippen LogP contribution in [0, 0.1) is 6.92 Å². The summed E-state index contributed by atoms with van der Waals surface area (Å²) in [5, 5.41) is 4.28. The first-order valence-corrected chi connectivity index (χ1v) is 8.25. The van der Waals surface area contributed by atoms with Gasteiger partial charge in [-0.25, -0.2) is 0 Å². The van der Waals surface area contributed by atoms with Crippen LogP contribution in [0.3, 0.4) is 0 Å². The van der Waals surface area contributed by atoms with Crippen LogP contribution in [0.15, 0.2) is 42.6 Å². The van der Waals surface area contributed by atoms with E-state index in [4.69, 9.17) is 11.6 Å². The maximum atomic E-state index is 6.49. The van der Waals surface area contributed by atoms with Gasteiger partial charge in [-0.05, 0) is 43.1 Å². The topological polar surface area (TPSA) is 28.2 Å². The van der Waals surface area contributed by atoms with E-state index in [1.54, 1.807) is 0 Å². The zero-order valence-electron chi connectivity index (χ0n) is 12.9. The number of hydrogen-bond donors (Lipinski definition) is 1. The minimum atomic E-state index is 0.120. The van der Waals surface area contributed by atoms with E-state index in [2.05, 4.69) is 46.4 Å². The molecule has 0 bridgehead atoms. The summed E-state index contributed by atoms with van der Waals surface area (Å²) in [5.74, 6) is 0. The van der Waals surface area contributed by atoms with Crippen LogP contribution in [0.25, 0.3) is 0 Å². The molecule has 1 aromatic heterocycles. The first kappa shape index (κ1) is 15.5. The maximum absolute atomic E-state index is 6.49. The zero-order valence-corrected chi connectivity index (χ0v) is 13.7. The summed E-state index contributed by atoms with van der Waals surface area (Å²) >= 11 is 6.49. The van der Waals surface area contributed by atoms with Crippen molar-refractivity contribution in [1.29, 1.82) is 0 Å². The Balaban J connectivity index is 2.01. The largest absolute Gasteiger partial charge is 0.315 e. The molecule has 2 heterocycles. The van der Waals surface area contributed by atoms with Crippen LogP contribution in [-0.4, -0.2) is 36.1 Å². The Morgan fingerprint density at radius 2 is 2.00 bits per heavy atom. The van der Waals surface area contributed by atoms with Gasteiger partial charge in [0, 0.05) is 30.9 Å². The minimum Gasteiger partial charge on any atom is -0.315 e. The van der Waals surface area contributed by atoms with Crippen LogP contribution in [0.2, 0.25) is 5.02 Å². The SMILES string of the molecule is Cc1ccc(C(c2ccccc2Cl)N2CCCNCC2)nc1. The third-order valence-corrected chi connectivity index (χ3v) is 4.50. The van der Waals surface area contributed by atoms with Crippen LogP contribution in [0.4, 0.5) is 0 Å². The molecule has 3 nitrogen and oxygen atoms in total. The quantitative estimate of drug-likeness (QED) is 0.940. The van der Waals surface area contributed by atoms with Crippen LogP contribution in [0.1, 0.15) is 29.3 Å². The molecule has 1 aliphatic heterocycles. The fourth-order valence-corrected chi connectivity index (χ4v) is 3.24. The van der Waals surface area contributed by atoms with Crippen LogP contribution < -0.4 is 5.32 Å². The molecular formula is C18H22ClN3. The molecule has 1 saturated heterocycles. The van der Waals surface area contributed by atoms with E-state index in [-0.39, 0.29) is 6.04 Å². The summed E-state index contributed by atoms with van der Waals surface area (Å²) in [6, 6.07) is 12.5. The molecule has 0 saturated carbocycles. The normalized spacial score (nSPS) is 17.9. The van der Waals surface area contributed by atoms with Gasteiger partial charge in [0.15, 0.2) is 0 Å². The van der Waals surface area contributed by atoms with Gasteiger partial charge in [0.25, 0.3) is 0 Å². The van der Waals surface area contributed by atoms with E-state index >= 15 is 0 Å². The number of halogens is 1. The van der Waals surface area contributed by atoms with Crippen molar-refractivity contribution in [2.24, 2.45) is 0 Å². The second-order valence-corrected chi connectivity index (χ2v) is 6.23. The maximum Gasteiger partial charge on any atom is 0.0791 e. The van der Waals surface area contributed by atoms with E-state index in [1.165, 1.54) is 5.56 Å². The highest BCUT2D eigenvalue weighted by molar-refractivity contribution is 6.31. The van der Waals surface area contributed by atoms with Gasteiger partial charge < -0.3 is 5.32 Å². The number of nitrogens with one attached hydrogen (secondary N) is 1. The zero-order chi connectivity index (χ0) is 15.4. The van der Waals surface area contributed by atoms with Gasteiger partial charge in [-0.2, -0.15) is 0 Å². The number of benzene rings is 1. The molecule has 1 aromatic carbocycles. The molecule has 0 amide bonds. The average Bonchev–Trinajstić information content (AvgIpc) is 2.80. The summed E-state index contributed by atoms with van der Waals surface area (Å²) in [5.41, 5.74) is 3.39.